The van der Waals surface area contributed by atoms with E-state index in [9.17, 15) is 24.3 Å². The molecule has 0 aromatic heterocycles. The van der Waals surface area contributed by atoms with Crippen LogP contribution in [0.15, 0.2) is 0 Å². The van der Waals surface area contributed by atoms with Gasteiger partial charge in [-0.15, -0.1) is 0 Å². The largest absolute Gasteiger partial charge is 0.481 e. The number of carbonyl (C=O) groups is 4. The molecule has 0 aromatic rings. The van der Waals surface area contributed by atoms with Crippen LogP contribution in [-0.4, -0.2) is 78.3 Å². The van der Waals surface area contributed by atoms with Gasteiger partial charge in [0.15, 0.2) is 0 Å². The zero-order chi connectivity index (χ0) is 22.2. The van der Waals surface area contributed by atoms with E-state index in [4.69, 9.17) is 22.3 Å². The van der Waals surface area contributed by atoms with Crippen LogP contribution in [0.4, 0.5) is 0 Å². The summed E-state index contributed by atoms with van der Waals surface area (Å²) in [7, 11) is 0. The number of nitrogens with one attached hydrogen (secondary N) is 3. The predicted molar refractivity (Wildman–Crippen MR) is 105 cm³/mol. The van der Waals surface area contributed by atoms with Gasteiger partial charge in [0.2, 0.25) is 11.8 Å². The number of aliphatic hydroxyl groups excluding tert-OH is 1. The minimum Gasteiger partial charge on any atom is -0.481 e. The van der Waals surface area contributed by atoms with E-state index in [0.29, 0.717) is 38.6 Å². The molecule has 11 N–H and O–H groups in total. The molecule has 0 aliphatic carbocycles. The number of aldehydes is 1. The molecule has 0 rings (SSSR count). The Labute approximate surface area is 169 Å². The fraction of sp³-hybridized carbons (Fsp3) is 0.765. The number of carboxylic acid groups (broad SMARTS) is 1. The summed E-state index contributed by atoms with van der Waals surface area (Å²) in [6.45, 7) is 0.403. The second-order valence-corrected chi connectivity index (χ2v) is 6.67. The lowest BCUT2D eigenvalue weighted by atomic mass is 10.1. The number of aliphatic hydroxyl groups is 1. The Bertz CT molecular complexity index is 521. The Balaban J connectivity index is 4.64. The fourth-order valence-electron chi connectivity index (χ4n) is 2.49. The standard InChI is InChI=1S/C17H34N6O6/c18-6-2-1-4-12(20)16(28)23-13(5-3-7-19)17(29)21-9-14(25)22-11(10-24)8-15(26)27/h10-13,16,23,28H,1-9,18-20H2,(H,21,29)(H,22,25)(H,26,27)/t11-,12-,13-,16+/m0/s1. The van der Waals surface area contributed by atoms with Crippen molar-refractivity contribution in [3.05, 3.63) is 0 Å². The monoisotopic (exact) mass is 418 g/mol. The first-order valence-corrected chi connectivity index (χ1v) is 9.59. The average Bonchev–Trinajstić information content (AvgIpc) is 2.68. The van der Waals surface area contributed by atoms with Gasteiger partial charge in [-0.2, -0.15) is 0 Å². The quantitative estimate of drug-likeness (QED) is 0.0668. The van der Waals surface area contributed by atoms with E-state index in [1.807, 2.05) is 0 Å². The molecule has 12 heteroatoms. The third-order valence-corrected chi connectivity index (χ3v) is 4.11. The molecule has 0 aliphatic heterocycles. The minimum atomic E-state index is -1.24. The van der Waals surface area contributed by atoms with Crippen LogP contribution >= 0.6 is 0 Å². The SMILES string of the molecule is NCCCC[C@H](N)[C@@H](O)N[C@@H](CCCN)C(=O)NCC(=O)N[C@H](C=O)CC(=O)O. The first-order chi connectivity index (χ1) is 13.7. The summed E-state index contributed by atoms with van der Waals surface area (Å²) < 4.78 is 0. The maximum Gasteiger partial charge on any atom is 0.305 e. The summed E-state index contributed by atoms with van der Waals surface area (Å²) in [4.78, 5) is 45.6. The molecule has 29 heavy (non-hydrogen) atoms. The van der Waals surface area contributed by atoms with E-state index in [1.54, 1.807) is 0 Å². The van der Waals surface area contributed by atoms with Crippen molar-refractivity contribution in [3.8, 4) is 0 Å². The second kappa shape index (κ2) is 15.8. The third kappa shape index (κ3) is 12.9. The topological polar surface area (TPSA) is 223 Å². The van der Waals surface area contributed by atoms with Crippen LogP contribution in [0.2, 0.25) is 0 Å². The number of hydrogen-bond acceptors (Lipinski definition) is 9. The van der Waals surface area contributed by atoms with Gasteiger partial charge in [-0.3, -0.25) is 19.7 Å². The van der Waals surface area contributed by atoms with Gasteiger partial charge in [0.1, 0.15) is 12.5 Å². The highest BCUT2D eigenvalue weighted by atomic mass is 16.4. The summed E-state index contributed by atoms with van der Waals surface area (Å²) in [5, 5.41) is 26.2. The molecule has 0 spiro atoms. The van der Waals surface area contributed by atoms with E-state index >= 15 is 0 Å². The van der Waals surface area contributed by atoms with Gasteiger partial charge in [0.05, 0.1) is 25.0 Å². The van der Waals surface area contributed by atoms with Gasteiger partial charge in [0.25, 0.3) is 0 Å². The maximum absolute atomic E-state index is 12.4. The number of hydrogen-bond donors (Lipinski definition) is 8. The molecule has 0 bridgehead atoms. The Morgan fingerprint density at radius 2 is 1.69 bits per heavy atom. The zero-order valence-electron chi connectivity index (χ0n) is 16.5. The first kappa shape index (κ1) is 26.9. The van der Waals surface area contributed by atoms with Crippen molar-refractivity contribution in [2.24, 2.45) is 17.2 Å². The summed E-state index contributed by atoms with van der Waals surface area (Å²) in [5.74, 6) is -2.51. The van der Waals surface area contributed by atoms with Crippen LogP contribution in [0, 0.1) is 0 Å². The van der Waals surface area contributed by atoms with E-state index in [2.05, 4.69) is 16.0 Å². The van der Waals surface area contributed by atoms with Crippen LogP contribution in [0.25, 0.3) is 0 Å². The Kier molecular flexibility index (Phi) is 14.6. The van der Waals surface area contributed by atoms with Gasteiger partial charge in [-0.05, 0) is 38.8 Å². The number of carboxylic acids is 1. The number of aliphatic carboxylic acids is 1. The molecule has 0 unspecified atom stereocenters. The Hall–Kier alpha value is -2.12. The van der Waals surface area contributed by atoms with Crippen molar-refractivity contribution in [2.75, 3.05) is 19.6 Å². The molecule has 12 nitrogen and oxygen atoms in total. The van der Waals surface area contributed by atoms with Crippen molar-refractivity contribution in [1.82, 2.24) is 16.0 Å². The van der Waals surface area contributed by atoms with Crippen LogP contribution in [-0.2, 0) is 19.2 Å². The zero-order valence-corrected chi connectivity index (χ0v) is 16.5. The van der Waals surface area contributed by atoms with E-state index in [-0.39, 0.29) is 0 Å². The lowest BCUT2D eigenvalue weighted by Crippen LogP contribution is -2.55. The summed E-state index contributed by atoms with van der Waals surface area (Å²) >= 11 is 0. The van der Waals surface area contributed by atoms with Crippen molar-refractivity contribution in [3.63, 3.8) is 0 Å². The number of amides is 2. The molecule has 0 fully saturated rings. The van der Waals surface area contributed by atoms with Gasteiger partial charge in [0, 0.05) is 6.04 Å². The van der Waals surface area contributed by atoms with Gasteiger partial charge >= 0.3 is 5.97 Å². The van der Waals surface area contributed by atoms with Crippen molar-refractivity contribution in [2.45, 2.75) is 62.9 Å². The highest BCUT2D eigenvalue weighted by Gasteiger charge is 2.24. The second-order valence-electron chi connectivity index (χ2n) is 6.67. The number of rotatable bonds is 17. The van der Waals surface area contributed by atoms with E-state index in [1.165, 1.54) is 0 Å². The fourth-order valence-corrected chi connectivity index (χ4v) is 2.49. The predicted octanol–water partition coefficient (Wildman–Crippen LogP) is -3.27. The van der Waals surface area contributed by atoms with Crippen LogP contribution in [0.5, 0.6) is 0 Å². The lowest BCUT2D eigenvalue weighted by Gasteiger charge is -2.26. The van der Waals surface area contributed by atoms with E-state index < -0.39 is 55.1 Å². The summed E-state index contributed by atoms with van der Waals surface area (Å²) in [6, 6.07) is -2.61. The molecule has 0 saturated heterocycles. The maximum atomic E-state index is 12.4. The van der Waals surface area contributed by atoms with Crippen LogP contribution < -0.4 is 33.2 Å². The first-order valence-electron chi connectivity index (χ1n) is 9.59. The molecule has 0 radical (unpaired) electrons. The molecule has 0 aliphatic rings. The molecular weight excluding hydrogens is 384 g/mol. The molecule has 0 aromatic carbocycles. The van der Waals surface area contributed by atoms with E-state index in [0.717, 1.165) is 12.8 Å². The number of nitrogens with two attached hydrogens (primary N) is 3. The van der Waals surface area contributed by atoms with Crippen molar-refractivity contribution in [1.29, 1.82) is 0 Å². The number of unbranched alkanes of at least 4 members (excludes halogenated alkanes) is 1. The van der Waals surface area contributed by atoms with Gasteiger partial charge in [-0.25, -0.2) is 0 Å². The Morgan fingerprint density at radius 3 is 2.24 bits per heavy atom. The van der Waals surface area contributed by atoms with Gasteiger partial charge < -0.3 is 42.8 Å². The third-order valence-electron chi connectivity index (χ3n) is 4.11. The molecule has 0 heterocycles. The number of carbonyl (C=O) groups excluding carboxylic acids is 3. The lowest BCUT2D eigenvalue weighted by molar-refractivity contribution is -0.139. The highest BCUT2D eigenvalue weighted by Crippen LogP contribution is 2.04. The normalized spacial score (nSPS) is 15.0. The van der Waals surface area contributed by atoms with Crippen molar-refractivity contribution >= 4 is 24.1 Å². The molecular formula is C17H34N6O6. The molecule has 2 amide bonds. The highest BCUT2D eigenvalue weighted by molar-refractivity contribution is 5.89. The van der Waals surface area contributed by atoms with Crippen LogP contribution in [0.3, 0.4) is 0 Å². The smallest absolute Gasteiger partial charge is 0.305 e. The summed E-state index contributed by atoms with van der Waals surface area (Å²) in [6.07, 6.45) is 1.46. The molecule has 4 atom stereocenters. The van der Waals surface area contributed by atoms with Crippen LogP contribution in [0.1, 0.15) is 38.5 Å². The van der Waals surface area contributed by atoms with Crippen molar-refractivity contribution < 1.29 is 29.4 Å². The summed E-state index contributed by atoms with van der Waals surface area (Å²) in [5.41, 5.74) is 16.8. The Morgan fingerprint density at radius 1 is 1.03 bits per heavy atom. The minimum absolute atomic E-state index is 0.307. The average molecular weight is 418 g/mol. The molecule has 0 saturated carbocycles. The van der Waals surface area contributed by atoms with Gasteiger partial charge in [-0.1, -0.05) is 6.42 Å². The molecule has 168 valence electrons.